The van der Waals surface area contributed by atoms with Gasteiger partial charge < -0.3 is 9.84 Å². The van der Waals surface area contributed by atoms with Crippen molar-refractivity contribution in [1.29, 1.82) is 0 Å². The molecule has 4 heteroatoms. The van der Waals surface area contributed by atoms with Crippen LogP contribution >= 0.6 is 0 Å². The van der Waals surface area contributed by atoms with Crippen LogP contribution in [0.1, 0.15) is 56.7 Å². The third-order valence-electron chi connectivity index (χ3n) is 3.87. The second-order valence-corrected chi connectivity index (χ2v) is 5.39. The molecular formula is C12H19N3O. The summed E-state index contributed by atoms with van der Waals surface area (Å²) in [6.07, 6.45) is 3.45. The third-order valence-corrected chi connectivity index (χ3v) is 3.87. The van der Waals surface area contributed by atoms with Gasteiger partial charge in [-0.15, -0.1) is 0 Å². The van der Waals surface area contributed by atoms with Crippen molar-refractivity contribution in [2.45, 2.75) is 51.0 Å². The fraction of sp³-hybridized carbons (Fsp3) is 0.833. The van der Waals surface area contributed by atoms with Gasteiger partial charge in [0.1, 0.15) is 0 Å². The van der Waals surface area contributed by atoms with Crippen molar-refractivity contribution in [2.24, 2.45) is 5.92 Å². The minimum Gasteiger partial charge on any atom is -0.339 e. The van der Waals surface area contributed by atoms with Crippen molar-refractivity contribution in [3.8, 4) is 0 Å². The van der Waals surface area contributed by atoms with Crippen molar-refractivity contribution >= 4 is 0 Å². The summed E-state index contributed by atoms with van der Waals surface area (Å²) in [5, 5.41) is 7.56. The van der Waals surface area contributed by atoms with E-state index in [4.69, 9.17) is 4.52 Å². The van der Waals surface area contributed by atoms with Gasteiger partial charge in [-0.05, 0) is 38.6 Å². The number of hydrogen-bond acceptors (Lipinski definition) is 4. The van der Waals surface area contributed by atoms with E-state index in [0.717, 1.165) is 37.0 Å². The predicted molar refractivity (Wildman–Crippen MR) is 60.3 cm³/mol. The summed E-state index contributed by atoms with van der Waals surface area (Å²) in [4.78, 5) is 4.58. The lowest BCUT2D eigenvalue weighted by molar-refractivity contribution is 0.294. The van der Waals surface area contributed by atoms with Gasteiger partial charge in [-0.2, -0.15) is 4.98 Å². The second kappa shape index (κ2) is 3.84. The Kier molecular flexibility index (Phi) is 2.46. The molecule has 1 aliphatic carbocycles. The number of aromatic nitrogens is 2. The van der Waals surface area contributed by atoms with E-state index in [2.05, 4.69) is 29.3 Å². The minimum absolute atomic E-state index is 0.464. The first kappa shape index (κ1) is 10.3. The van der Waals surface area contributed by atoms with E-state index in [1.54, 1.807) is 0 Å². The van der Waals surface area contributed by atoms with Crippen molar-refractivity contribution in [1.82, 2.24) is 15.5 Å². The molecule has 1 N–H and O–H groups in total. The average molecular weight is 221 g/mol. The molecule has 1 saturated heterocycles. The van der Waals surface area contributed by atoms with Gasteiger partial charge in [0.05, 0.1) is 0 Å². The Hall–Kier alpha value is -0.900. The lowest BCUT2D eigenvalue weighted by atomic mass is 9.93. The van der Waals surface area contributed by atoms with E-state index in [0.29, 0.717) is 17.9 Å². The third kappa shape index (κ3) is 1.86. The average Bonchev–Trinajstić information content (AvgIpc) is 2.81. The maximum atomic E-state index is 5.41. The Labute approximate surface area is 95.8 Å². The van der Waals surface area contributed by atoms with E-state index >= 15 is 0 Å². The van der Waals surface area contributed by atoms with Gasteiger partial charge in [0.15, 0.2) is 5.82 Å². The highest BCUT2D eigenvalue weighted by molar-refractivity contribution is 5.09. The van der Waals surface area contributed by atoms with Crippen LogP contribution in [0.25, 0.3) is 0 Å². The molecular weight excluding hydrogens is 202 g/mol. The number of hydrogen-bond donors (Lipinski definition) is 1. The molecule has 0 bridgehead atoms. The maximum absolute atomic E-state index is 5.41. The summed E-state index contributed by atoms with van der Waals surface area (Å²) in [5.74, 6) is 3.58. The van der Waals surface area contributed by atoms with Crippen LogP contribution < -0.4 is 5.32 Å². The molecule has 2 aliphatic rings. The zero-order valence-electron chi connectivity index (χ0n) is 9.94. The highest BCUT2D eigenvalue weighted by Crippen LogP contribution is 2.45. The van der Waals surface area contributed by atoms with Crippen molar-refractivity contribution in [3.63, 3.8) is 0 Å². The first-order valence-corrected chi connectivity index (χ1v) is 6.31. The molecule has 2 fully saturated rings. The van der Waals surface area contributed by atoms with Gasteiger partial charge in [0, 0.05) is 17.9 Å². The minimum atomic E-state index is 0.464. The van der Waals surface area contributed by atoms with E-state index in [1.807, 2.05) is 0 Å². The molecule has 88 valence electrons. The normalized spacial score (nSPS) is 38.6. The van der Waals surface area contributed by atoms with Crippen LogP contribution in [-0.4, -0.2) is 22.7 Å². The highest BCUT2D eigenvalue weighted by Gasteiger charge is 2.38. The number of nitrogens with one attached hydrogen (secondary N) is 1. The fourth-order valence-electron chi connectivity index (χ4n) is 2.60. The molecule has 2 heterocycles. The Balaban J connectivity index is 1.71. The van der Waals surface area contributed by atoms with Gasteiger partial charge >= 0.3 is 0 Å². The zero-order valence-corrected chi connectivity index (χ0v) is 9.94. The van der Waals surface area contributed by atoms with Gasteiger partial charge in [-0.3, -0.25) is 0 Å². The molecule has 1 aliphatic heterocycles. The predicted octanol–water partition coefficient (Wildman–Crippen LogP) is 2.05. The first-order valence-electron chi connectivity index (χ1n) is 6.31. The fourth-order valence-corrected chi connectivity index (χ4v) is 2.60. The van der Waals surface area contributed by atoms with Gasteiger partial charge in [0.2, 0.25) is 5.89 Å². The first-order chi connectivity index (χ1) is 7.74. The van der Waals surface area contributed by atoms with Crippen molar-refractivity contribution in [2.75, 3.05) is 6.54 Å². The standard InChI is InChI=1S/C12H19N3O/c1-7-5-10(7)11-14-12(16-15-11)9-3-4-13-8(2)6-9/h7-10,13H,3-6H2,1-2H3. The number of rotatable bonds is 2. The molecule has 0 amide bonds. The van der Waals surface area contributed by atoms with Gasteiger partial charge in [-0.25, -0.2) is 0 Å². The Morgan fingerprint density at radius 2 is 2.12 bits per heavy atom. The molecule has 1 saturated carbocycles. The molecule has 0 spiro atoms. The van der Waals surface area contributed by atoms with Crippen LogP contribution in [0.2, 0.25) is 0 Å². The van der Waals surface area contributed by atoms with Crippen LogP contribution in [0.4, 0.5) is 0 Å². The summed E-state index contributed by atoms with van der Waals surface area (Å²) in [7, 11) is 0. The Morgan fingerprint density at radius 1 is 1.31 bits per heavy atom. The van der Waals surface area contributed by atoms with E-state index in [9.17, 15) is 0 Å². The molecule has 4 nitrogen and oxygen atoms in total. The highest BCUT2D eigenvalue weighted by atomic mass is 16.5. The quantitative estimate of drug-likeness (QED) is 0.830. The van der Waals surface area contributed by atoms with E-state index < -0.39 is 0 Å². The van der Waals surface area contributed by atoms with Crippen LogP contribution in [0.5, 0.6) is 0 Å². The largest absolute Gasteiger partial charge is 0.339 e. The van der Waals surface area contributed by atoms with Crippen LogP contribution in [0.15, 0.2) is 4.52 Å². The molecule has 1 aromatic heterocycles. The number of nitrogens with zero attached hydrogens (tertiary/aromatic N) is 2. The Morgan fingerprint density at radius 3 is 2.81 bits per heavy atom. The van der Waals surface area contributed by atoms with E-state index in [1.165, 1.54) is 6.42 Å². The maximum Gasteiger partial charge on any atom is 0.229 e. The summed E-state index contributed by atoms with van der Waals surface area (Å²) >= 11 is 0. The van der Waals surface area contributed by atoms with Gasteiger partial charge in [0.25, 0.3) is 0 Å². The molecule has 1 aromatic rings. The van der Waals surface area contributed by atoms with E-state index in [-0.39, 0.29) is 0 Å². The monoisotopic (exact) mass is 221 g/mol. The smallest absolute Gasteiger partial charge is 0.229 e. The van der Waals surface area contributed by atoms with Crippen molar-refractivity contribution < 1.29 is 4.52 Å². The SMILES string of the molecule is CC1CC(c2nc(C3CC3C)no2)CCN1. The molecule has 0 radical (unpaired) electrons. The molecule has 0 aromatic carbocycles. The Bertz CT molecular complexity index is 376. The topological polar surface area (TPSA) is 51.0 Å². The van der Waals surface area contributed by atoms with Crippen LogP contribution in [0, 0.1) is 5.92 Å². The lowest BCUT2D eigenvalue weighted by Gasteiger charge is -2.25. The summed E-state index contributed by atoms with van der Waals surface area (Å²) in [6.45, 7) is 5.52. The van der Waals surface area contributed by atoms with Crippen molar-refractivity contribution in [3.05, 3.63) is 11.7 Å². The lowest BCUT2D eigenvalue weighted by Crippen LogP contribution is -2.34. The molecule has 16 heavy (non-hydrogen) atoms. The molecule has 3 rings (SSSR count). The van der Waals surface area contributed by atoms with Gasteiger partial charge in [-0.1, -0.05) is 12.1 Å². The summed E-state index contributed by atoms with van der Waals surface area (Å²) in [6, 6.07) is 0.564. The second-order valence-electron chi connectivity index (χ2n) is 5.39. The zero-order chi connectivity index (χ0) is 11.1. The number of piperidine rings is 1. The van der Waals surface area contributed by atoms with Crippen LogP contribution in [-0.2, 0) is 0 Å². The summed E-state index contributed by atoms with van der Waals surface area (Å²) < 4.78 is 5.41. The molecule has 4 unspecified atom stereocenters. The van der Waals surface area contributed by atoms with Crippen LogP contribution in [0.3, 0.4) is 0 Å². The molecule has 4 atom stereocenters. The summed E-state index contributed by atoms with van der Waals surface area (Å²) in [5.41, 5.74) is 0.